The van der Waals surface area contributed by atoms with Crippen LogP contribution in [0.25, 0.3) is 0 Å². The van der Waals surface area contributed by atoms with Crippen molar-refractivity contribution in [2.75, 3.05) is 32.1 Å². The Kier molecular flexibility index (Phi) is 11.9. The van der Waals surface area contributed by atoms with Crippen molar-refractivity contribution in [3.8, 4) is 0 Å². The average molecular weight is 358 g/mol. The van der Waals surface area contributed by atoms with E-state index in [1.165, 1.54) is 0 Å². The molecule has 0 radical (unpaired) electrons. The van der Waals surface area contributed by atoms with Crippen molar-refractivity contribution in [2.24, 2.45) is 5.92 Å². The van der Waals surface area contributed by atoms with Gasteiger partial charge in [0.05, 0.1) is 13.2 Å². The molecule has 24 heavy (non-hydrogen) atoms. The molecule has 1 aromatic rings. The maximum atomic E-state index is 11.9. The summed E-state index contributed by atoms with van der Waals surface area (Å²) < 4.78 is 4.89. The lowest BCUT2D eigenvalue weighted by molar-refractivity contribution is -0.120. The van der Waals surface area contributed by atoms with Gasteiger partial charge in [0.2, 0.25) is 11.8 Å². The van der Waals surface area contributed by atoms with Crippen LogP contribution in [-0.2, 0) is 20.9 Å². The summed E-state index contributed by atoms with van der Waals surface area (Å²) in [6.45, 7) is 5.78. The highest BCUT2D eigenvalue weighted by molar-refractivity contribution is 5.92. The standard InChI is InChI=1S/C17H27N3O3.ClH/c1-4-13(2)17(22)20-15-7-5-6-14(10-15)11-19-16(21)12-18-8-9-23-3;/h5-7,10,13,18H,4,8-9,11-12H2,1-3H3,(H,19,21)(H,20,22);1H. The van der Waals surface area contributed by atoms with Crippen LogP contribution in [0.1, 0.15) is 25.8 Å². The number of anilines is 1. The molecule has 7 heteroatoms. The number of ether oxygens (including phenoxy) is 1. The molecule has 1 unspecified atom stereocenters. The van der Waals surface area contributed by atoms with E-state index < -0.39 is 0 Å². The molecule has 1 rings (SSSR count). The van der Waals surface area contributed by atoms with Crippen LogP contribution in [0.3, 0.4) is 0 Å². The van der Waals surface area contributed by atoms with E-state index >= 15 is 0 Å². The Morgan fingerprint density at radius 2 is 2.04 bits per heavy atom. The Morgan fingerprint density at radius 3 is 2.71 bits per heavy atom. The molecule has 0 saturated carbocycles. The molecule has 136 valence electrons. The second kappa shape index (κ2) is 12.8. The first-order valence-electron chi connectivity index (χ1n) is 7.93. The fraction of sp³-hybridized carbons (Fsp3) is 0.529. The lowest BCUT2D eigenvalue weighted by Crippen LogP contribution is -2.34. The maximum Gasteiger partial charge on any atom is 0.234 e. The maximum absolute atomic E-state index is 11.9. The molecule has 0 bridgehead atoms. The van der Waals surface area contributed by atoms with Crippen LogP contribution in [0.2, 0.25) is 0 Å². The first-order valence-corrected chi connectivity index (χ1v) is 7.93. The van der Waals surface area contributed by atoms with Gasteiger partial charge in [-0.1, -0.05) is 26.0 Å². The molecule has 0 aliphatic carbocycles. The minimum Gasteiger partial charge on any atom is -0.383 e. The molecule has 3 N–H and O–H groups in total. The zero-order valence-electron chi connectivity index (χ0n) is 14.6. The number of hydrogen-bond donors (Lipinski definition) is 3. The fourth-order valence-electron chi connectivity index (χ4n) is 1.85. The van der Waals surface area contributed by atoms with Gasteiger partial charge in [0.1, 0.15) is 0 Å². The van der Waals surface area contributed by atoms with Gasteiger partial charge in [-0.15, -0.1) is 12.4 Å². The molecule has 1 aromatic carbocycles. The average Bonchev–Trinajstić information content (AvgIpc) is 2.56. The number of rotatable bonds is 10. The number of methoxy groups -OCH3 is 1. The summed E-state index contributed by atoms with van der Waals surface area (Å²) in [7, 11) is 1.62. The van der Waals surface area contributed by atoms with Gasteiger partial charge in [0.25, 0.3) is 0 Å². The molecular weight excluding hydrogens is 330 g/mol. The Hall–Kier alpha value is -1.63. The number of hydrogen-bond acceptors (Lipinski definition) is 4. The van der Waals surface area contributed by atoms with E-state index in [1.54, 1.807) is 7.11 Å². The second-order valence-electron chi connectivity index (χ2n) is 5.45. The third kappa shape index (κ3) is 8.86. The summed E-state index contributed by atoms with van der Waals surface area (Å²) in [6.07, 6.45) is 0.803. The number of nitrogens with one attached hydrogen (secondary N) is 3. The molecule has 0 fully saturated rings. The van der Waals surface area contributed by atoms with Gasteiger partial charge in [-0.2, -0.15) is 0 Å². The summed E-state index contributed by atoms with van der Waals surface area (Å²) in [5.74, 6) is -0.0808. The second-order valence-corrected chi connectivity index (χ2v) is 5.45. The van der Waals surface area contributed by atoms with Crippen molar-refractivity contribution in [1.82, 2.24) is 10.6 Å². The predicted octanol–water partition coefficient (Wildman–Crippen LogP) is 1.95. The lowest BCUT2D eigenvalue weighted by atomic mass is 10.1. The summed E-state index contributed by atoms with van der Waals surface area (Å²) in [5.41, 5.74) is 1.69. The predicted molar refractivity (Wildman–Crippen MR) is 98.4 cm³/mol. The Labute approximate surface area is 150 Å². The van der Waals surface area contributed by atoms with E-state index in [0.717, 1.165) is 17.7 Å². The van der Waals surface area contributed by atoms with E-state index in [2.05, 4.69) is 16.0 Å². The van der Waals surface area contributed by atoms with Crippen LogP contribution in [0.15, 0.2) is 24.3 Å². The molecule has 0 aromatic heterocycles. The van der Waals surface area contributed by atoms with Crippen LogP contribution >= 0.6 is 12.4 Å². The Bertz CT molecular complexity index is 512. The van der Waals surface area contributed by atoms with Crippen LogP contribution < -0.4 is 16.0 Å². The highest BCUT2D eigenvalue weighted by Crippen LogP contribution is 2.13. The van der Waals surface area contributed by atoms with Crippen LogP contribution in [0.4, 0.5) is 5.69 Å². The Morgan fingerprint density at radius 1 is 1.29 bits per heavy atom. The van der Waals surface area contributed by atoms with Gasteiger partial charge in [0.15, 0.2) is 0 Å². The van der Waals surface area contributed by atoms with Crippen molar-refractivity contribution in [1.29, 1.82) is 0 Å². The molecule has 0 spiro atoms. The molecule has 6 nitrogen and oxygen atoms in total. The smallest absolute Gasteiger partial charge is 0.234 e. The van der Waals surface area contributed by atoms with Crippen molar-refractivity contribution < 1.29 is 14.3 Å². The van der Waals surface area contributed by atoms with Crippen LogP contribution in [0, 0.1) is 5.92 Å². The van der Waals surface area contributed by atoms with Crippen molar-refractivity contribution in [3.63, 3.8) is 0 Å². The van der Waals surface area contributed by atoms with E-state index in [9.17, 15) is 9.59 Å². The number of halogens is 1. The summed E-state index contributed by atoms with van der Waals surface area (Å²) >= 11 is 0. The topological polar surface area (TPSA) is 79.5 Å². The summed E-state index contributed by atoms with van der Waals surface area (Å²) in [5, 5.41) is 8.71. The molecule has 0 saturated heterocycles. The molecule has 1 atom stereocenters. The monoisotopic (exact) mass is 357 g/mol. The largest absolute Gasteiger partial charge is 0.383 e. The highest BCUT2D eigenvalue weighted by Gasteiger charge is 2.10. The summed E-state index contributed by atoms with van der Waals surface area (Å²) in [4.78, 5) is 23.6. The van der Waals surface area contributed by atoms with Crippen molar-refractivity contribution in [3.05, 3.63) is 29.8 Å². The Balaban J connectivity index is 0.00000529. The lowest BCUT2D eigenvalue weighted by Gasteiger charge is -2.11. The fourth-order valence-corrected chi connectivity index (χ4v) is 1.85. The van der Waals surface area contributed by atoms with Gasteiger partial charge in [0, 0.05) is 31.8 Å². The first kappa shape index (κ1) is 22.4. The minimum absolute atomic E-state index is 0. The van der Waals surface area contributed by atoms with Gasteiger partial charge in [-0.25, -0.2) is 0 Å². The minimum atomic E-state index is -0.0739. The van der Waals surface area contributed by atoms with Crippen LogP contribution in [0.5, 0.6) is 0 Å². The van der Waals surface area contributed by atoms with E-state index in [4.69, 9.17) is 4.74 Å². The molecule has 0 aliphatic heterocycles. The summed E-state index contributed by atoms with van der Waals surface area (Å²) in [6, 6.07) is 7.50. The number of amides is 2. The van der Waals surface area contributed by atoms with Crippen molar-refractivity contribution in [2.45, 2.75) is 26.8 Å². The number of carbonyl (C=O) groups excluding carboxylic acids is 2. The van der Waals surface area contributed by atoms with E-state index in [1.807, 2.05) is 38.1 Å². The van der Waals surface area contributed by atoms with Gasteiger partial charge < -0.3 is 20.7 Å². The molecule has 0 heterocycles. The van der Waals surface area contributed by atoms with Crippen LogP contribution in [-0.4, -0.2) is 38.6 Å². The van der Waals surface area contributed by atoms with E-state index in [-0.39, 0.29) is 36.7 Å². The zero-order chi connectivity index (χ0) is 17.1. The molecule has 2 amide bonds. The number of carbonyl (C=O) groups is 2. The van der Waals surface area contributed by atoms with E-state index in [0.29, 0.717) is 19.7 Å². The SMILES string of the molecule is CCC(C)C(=O)Nc1cccc(CNC(=O)CNCCOC)c1.Cl. The van der Waals surface area contributed by atoms with Gasteiger partial charge in [-0.3, -0.25) is 9.59 Å². The zero-order valence-corrected chi connectivity index (χ0v) is 15.4. The normalized spacial score (nSPS) is 11.3. The molecular formula is C17H28ClN3O3. The number of benzene rings is 1. The first-order chi connectivity index (χ1) is 11.1. The quantitative estimate of drug-likeness (QED) is 0.559. The third-order valence-corrected chi connectivity index (χ3v) is 3.51. The molecule has 0 aliphatic rings. The van der Waals surface area contributed by atoms with Gasteiger partial charge in [-0.05, 0) is 24.1 Å². The highest BCUT2D eigenvalue weighted by atomic mass is 35.5. The third-order valence-electron chi connectivity index (χ3n) is 3.51. The van der Waals surface area contributed by atoms with Crippen molar-refractivity contribution >= 4 is 29.9 Å². The van der Waals surface area contributed by atoms with Gasteiger partial charge >= 0.3 is 0 Å².